The van der Waals surface area contributed by atoms with Gasteiger partial charge in [0, 0.05) is 6.42 Å². The van der Waals surface area contributed by atoms with Crippen LogP contribution in [0.1, 0.15) is 58.3 Å². The van der Waals surface area contributed by atoms with E-state index in [1.54, 1.807) is 0 Å². The first kappa shape index (κ1) is 28.6. The standard InChI is InChI=1S/C13H25NO6S.2Na.2H/c1-2-3-4-5-6-7-10-21(18,19)20-12(15)9-8-11(14)13(16)17;;;;/h11H,2-10,14H2,1H3,(H,16,17);;;;/t11-;;;;/m0..../s1. The molecule has 1 atom stereocenters. The van der Waals surface area contributed by atoms with Crippen molar-refractivity contribution in [1.82, 2.24) is 0 Å². The summed E-state index contributed by atoms with van der Waals surface area (Å²) in [7, 11) is -3.88. The van der Waals surface area contributed by atoms with Crippen LogP contribution in [0.15, 0.2) is 0 Å². The van der Waals surface area contributed by atoms with Gasteiger partial charge in [0.1, 0.15) is 6.04 Å². The van der Waals surface area contributed by atoms with E-state index >= 15 is 0 Å². The van der Waals surface area contributed by atoms with Crippen molar-refractivity contribution >= 4 is 81.2 Å². The Morgan fingerprint density at radius 3 is 2.13 bits per heavy atom. The van der Waals surface area contributed by atoms with E-state index in [1.165, 1.54) is 0 Å². The second kappa shape index (κ2) is 16.3. The third kappa shape index (κ3) is 17.5. The Balaban J connectivity index is -0.00000200. The summed E-state index contributed by atoms with van der Waals surface area (Å²) in [6.45, 7) is 2.10. The van der Waals surface area contributed by atoms with E-state index in [9.17, 15) is 18.0 Å². The molecule has 0 aromatic rings. The molecule has 0 amide bonds. The van der Waals surface area contributed by atoms with Gasteiger partial charge in [-0.2, -0.15) is 8.42 Å². The predicted molar refractivity (Wildman–Crippen MR) is 92.4 cm³/mol. The van der Waals surface area contributed by atoms with Crippen LogP contribution in [-0.2, 0) is 23.9 Å². The normalized spacial score (nSPS) is 11.7. The first-order valence-electron chi connectivity index (χ1n) is 7.22. The molecule has 0 radical (unpaired) electrons. The predicted octanol–water partition coefficient (Wildman–Crippen LogP) is 0.115. The number of rotatable bonds is 12. The first-order valence-corrected chi connectivity index (χ1v) is 8.79. The van der Waals surface area contributed by atoms with Crippen LogP contribution < -0.4 is 5.73 Å². The van der Waals surface area contributed by atoms with Crippen LogP contribution in [-0.4, -0.2) is 96.4 Å². The molecule has 0 aromatic carbocycles. The van der Waals surface area contributed by atoms with E-state index in [2.05, 4.69) is 11.1 Å². The average molecular weight is 371 g/mol. The van der Waals surface area contributed by atoms with Gasteiger partial charge < -0.3 is 15.0 Å². The Hall–Kier alpha value is 0.850. The second-order valence-corrected chi connectivity index (χ2v) is 6.66. The fourth-order valence-corrected chi connectivity index (χ4v) is 2.69. The van der Waals surface area contributed by atoms with Crippen molar-refractivity contribution in [3.63, 3.8) is 0 Å². The summed E-state index contributed by atoms with van der Waals surface area (Å²) in [5.74, 6) is -2.40. The Morgan fingerprint density at radius 1 is 1.09 bits per heavy atom. The molecular weight excluding hydrogens is 344 g/mol. The van der Waals surface area contributed by atoms with Gasteiger partial charge in [-0.15, -0.1) is 0 Å². The van der Waals surface area contributed by atoms with Crippen molar-refractivity contribution in [2.75, 3.05) is 5.75 Å². The second-order valence-electron chi connectivity index (χ2n) is 4.97. The summed E-state index contributed by atoms with van der Waals surface area (Å²) in [6.07, 6.45) is 5.03. The molecule has 23 heavy (non-hydrogen) atoms. The minimum absolute atomic E-state index is 0. The SMILES string of the molecule is CCCCCCCCS(=O)(=O)OC(=O)CC[C@H](N)C(=O)O.[NaH].[NaH]. The molecule has 0 bridgehead atoms. The molecule has 0 saturated heterocycles. The molecule has 128 valence electrons. The van der Waals surface area contributed by atoms with Gasteiger partial charge in [-0.05, 0) is 12.8 Å². The Labute approximate surface area is 182 Å². The van der Waals surface area contributed by atoms with Crippen molar-refractivity contribution in [3.8, 4) is 0 Å². The van der Waals surface area contributed by atoms with Gasteiger partial charge in [0.25, 0.3) is 0 Å². The number of unbranched alkanes of at least 4 members (excludes halogenated alkanes) is 5. The minimum atomic E-state index is -3.88. The molecule has 7 nitrogen and oxygen atoms in total. The summed E-state index contributed by atoms with van der Waals surface area (Å²) in [5, 5.41) is 8.54. The third-order valence-electron chi connectivity index (χ3n) is 2.94. The van der Waals surface area contributed by atoms with Crippen LogP contribution in [0, 0.1) is 0 Å². The number of carboxylic acids is 1. The summed E-state index contributed by atoms with van der Waals surface area (Å²) in [6, 6.07) is -1.20. The molecule has 0 aromatic heterocycles. The van der Waals surface area contributed by atoms with Gasteiger partial charge in [-0.25, -0.2) is 0 Å². The Bertz CT molecular complexity index is 430. The maximum absolute atomic E-state index is 11.5. The fraction of sp³-hybridized carbons (Fsp3) is 0.846. The molecule has 0 aliphatic rings. The summed E-state index contributed by atoms with van der Waals surface area (Å²) < 4.78 is 27.4. The number of hydrogen-bond acceptors (Lipinski definition) is 6. The Morgan fingerprint density at radius 2 is 1.61 bits per heavy atom. The number of nitrogens with two attached hydrogens (primary N) is 1. The summed E-state index contributed by atoms with van der Waals surface area (Å²) in [5.41, 5.74) is 5.21. The number of carbonyl (C=O) groups is 2. The number of carboxylic acid groups (broad SMARTS) is 1. The maximum atomic E-state index is 11.5. The first-order chi connectivity index (χ1) is 9.78. The van der Waals surface area contributed by atoms with Gasteiger partial charge in [-0.3, -0.25) is 9.59 Å². The number of aliphatic carboxylic acids is 1. The molecule has 0 heterocycles. The van der Waals surface area contributed by atoms with Crippen LogP contribution in [0.4, 0.5) is 0 Å². The molecule has 0 fully saturated rings. The molecule has 0 aliphatic carbocycles. The number of carbonyl (C=O) groups excluding carboxylic acids is 1. The van der Waals surface area contributed by atoms with Crippen molar-refractivity contribution in [1.29, 1.82) is 0 Å². The molecule has 0 spiro atoms. The topological polar surface area (TPSA) is 124 Å². The van der Waals surface area contributed by atoms with Gasteiger partial charge >= 0.3 is 81.2 Å². The third-order valence-corrected chi connectivity index (χ3v) is 4.17. The van der Waals surface area contributed by atoms with Crippen molar-refractivity contribution < 1.29 is 27.3 Å². The van der Waals surface area contributed by atoms with Crippen LogP contribution in [0.25, 0.3) is 0 Å². The number of hydrogen-bond donors (Lipinski definition) is 2. The fourth-order valence-electron chi connectivity index (χ4n) is 1.68. The average Bonchev–Trinajstić information content (AvgIpc) is 2.39. The van der Waals surface area contributed by atoms with Crippen molar-refractivity contribution in [3.05, 3.63) is 0 Å². The molecule has 0 aliphatic heterocycles. The van der Waals surface area contributed by atoms with Gasteiger partial charge in [-0.1, -0.05) is 39.0 Å². The monoisotopic (exact) mass is 371 g/mol. The quantitative estimate of drug-likeness (QED) is 0.283. The molecule has 0 unspecified atom stereocenters. The summed E-state index contributed by atoms with van der Waals surface area (Å²) >= 11 is 0. The van der Waals surface area contributed by atoms with Crippen LogP contribution >= 0.6 is 0 Å². The van der Waals surface area contributed by atoms with Crippen molar-refractivity contribution in [2.45, 2.75) is 64.3 Å². The Kier molecular flexibility index (Phi) is 20.3. The van der Waals surface area contributed by atoms with Gasteiger partial charge in [0.2, 0.25) is 0 Å². The van der Waals surface area contributed by atoms with E-state index in [0.29, 0.717) is 6.42 Å². The zero-order chi connectivity index (χ0) is 16.3. The zero-order valence-corrected chi connectivity index (χ0v) is 13.2. The van der Waals surface area contributed by atoms with E-state index in [4.69, 9.17) is 10.8 Å². The van der Waals surface area contributed by atoms with Gasteiger partial charge in [0.05, 0.1) is 5.75 Å². The molecule has 10 heteroatoms. The van der Waals surface area contributed by atoms with Crippen LogP contribution in [0.3, 0.4) is 0 Å². The van der Waals surface area contributed by atoms with Crippen molar-refractivity contribution in [2.24, 2.45) is 5.73 Å². The molecule has 0 saturated carbocycles. The van der Waals surface area contributed by atoms with E-state index in [-0.39, 0.29) is 77.7 Å². The zero-order valence-electron chi connectivity index (χ0n) is 12.4. The molecular formula is C13H27NNa2O6S. The van der Waals surface area contributed by atoms with Crippen LogP contribution in [0.5, 0.6) is 0 Å². The van der Waals surface area contributed by atoms with E-state index in [1.807, 2.05) is 0 Å². The molecule has 3 N–H and O–H groups in total. The van der Waals surface area contributed by atoms with E-state index < -0.39 is 28.1 Å². The molecule has 0 rings (SSSR count). The summed E-state index contributed by atoms with van der Waals surface area (Å²) in [4.78, 5) is 21.8. The van der Waals surface area contributed by atoms with E-state index in [0.717, 1.165) is 32.1 Å². The van der Waals surface area contributed by atoms with Gasteiger partial charge in [0.15, 0.2) is 0 Å². The van der Waals surface area contributed by atoms with Crippen LogP contribution in [0.2, 0.25) is 0 Å².